The molecule has 2 aromatic heterocycles. The lowest BCUT2D eigenvalue weighted by molar-refractivity contribution is 0.102. The van der Waals surface area contributed by atoms with Crippen molar-refractivity contribution in [1.29, 1.82) is 0 Å². The third-order valence-corrected chi connectivity index (χ3v) is 5.22. The normalized spacial score (nSPS) is 10.7. The zero-order valence-corrected chi connectivity index (χ0v) is 16.5. The number of pyridine rings is 1. The van der Waals surface area contributed by atoms with Gasteiger partial charge in [-0.25, -0.2) is 0 Å². The van der Waals surface area contributed by atoms with Crippen molar-refractivity contribution in [2.75, 3.05) is 12.9 Å². The summed E-state index contributed by atoms with van der Waals surface area (Å²) in [6, 6.07) is 20.8. The van der Waals surface area contributed by atoms with Gasteiger partial charge in [0.15, 0.2) is 16.8 Å². The summed E-state index contributed by atoms with van der Waals surface area (Å²) in [7, 11) is 1.58. The number of aromatic nitrogens is 4. The molecule has 29 heavy (non-hydrogen) atoms. The average Bonchev–Trinajstić information content (AvgIpc) is 3.22. The van der Waals surface area contributed by atoms with Crippen molar-refractivity contribution in [3.8, 4) is 22.8 Å². The van der Waals surface area contributed by atoms with E-state index in [4.69, 9.17) is 4.74 Å². The van der Waals surface area contributed by atoms with E-state index in [1.165, 1.54) is 11.8 Å². The second kappa shape index (κ2) is 8.70. The number of para-hydroxylation sites is 1. The SMILES string of the molecule is COc1cccc(C(=O)CSc2nnc(-c3cccnc3)n2-c2ccccc2)c1. The van der Waals surface area contributed by atoms with E-state index in [-0.39, 0.29) is 11.5 Å². The Kier molecular flexibility index (Phi) is 5.67. The molecule has 0 radical (unpaired) electrons. The van der Waals surface area contributed by atoms with Crippen LogP contribution in [0.5, 0.6) is 5.75 Å². The zero-order valence-electron chi connectivity index (χ0n) is 15.7. The second-order valence-corrected chi connectivity index (χ2v) is 7.11. The maximum atomic E-state index is 12.7. The molecule has 0 bridgehead atoms. The van der Waals surface area contributed by atoms with E-state index in [2.05, 4.69) is 15.2 Å². The van der Waals surface area contributed by atoms with E-state index in [0.29, 0.717) is 22.3 Å². The van der Waals surface area contributed by atoms with Crippen molar-refractivity contribution in [2.24, 2.45) is 0 Å². The van der Waals surface area contributed by atoms with Crippen LogP contribution in [0.1, 0.15) is 10.4 Å². The number of thioether (sulfide) groups is 1. The van der Waals surface area contributed by atoms with Gasteiger partial charge in [-0.05, 0) is 36.4 Å². The van der Waals surface area contributed by atoms with E-state index in [1.807, 2.05) is 59.2 Å². The number of hydrogen-bond donors (Lipinski definition) is 0. The Morgan fingerprint density at radius 1 is 1.03 bits per heavy atom. The smallest absolute Gasteiger partial charge is 0.196 e. The number of methoxy groups -OCH3 is 1. The van der Waals surface area contributed by atoms with Gasteiger partial charge in [0.2, 0.25) is 0 Å². The summed E-state index contributed by atoms with van der Waals surface area (Å²) in [4.78, 5) is 16.8. The summed E-state index contributed by atoms with van der Waals surface area (Å²) in [6.45, 7) is 0. The second-order valence-electron chi connectivity index (χ2n) is 6.16. The van der Waals surface area contributed by atoms with Crippen molar-refractivity contribution in [3.05, 3.63) is 84.7 Å². The minimum atomic E-state index is -0.000519. The molecule has 7 heteroatoms. The van der Waals surface area contributed by atoms with Crippen LogP contribution in [-0.4, -0.2) is 38.4 Å². The average molecular weight is 402 g/mol. The molecular formula is C22H18N4O2S. The number of carbonyl (C=O) groups is 1. The van der Waals surface area contributed by atoms with E-state index < -0.39 is 0 Å². The molecular weight excluding hydrogens is 384 g/mol. The van der Waals surface area contributed by atoms with Crippen molar-refractivity contribution in [3.63, 3.8) is 0 Å². The first-order valence-corrected chi connectivity index (χ1v) is 9.96. The molecule has 0 aliphatic heterocycles. The maximum Gasteiger partial charge on any atom is 0.196 e. The molecule has 0 fully saturated rings. The Labute approximate surface area is 172 Å². The van der Waals surface area contributed by atoms with Crippen LogP contribution in [0, 0.1) is 0 Å². The molecule has 0 spiro atoms. The van der Waals surface area contributed by atoms with E-state index >= 15 is 0 Å². The van der Waals surface area contributed by atoms with Gasteiger partial charge >= 0.3 is 0 Å². The Bertz CT molecular complexity index is 1110. The van der Waals surface area contributed by atoms with Crippen molar-refractivity contribution in [1.82, 2.24) is 19.7 Å². The van der Waals surface area contributed by atoms with E-state index in [9.17, 15) is 4.79 Å². The van der Waals surface area contributed by atoms with Crippen LogP contribution in [0.3, 0.4) is 0 Å². The van der Waals surface area contributed by atoms with Crippen molar-refractivity contribution in [2.45, 2.75) is 5.16 Å². The maximum absolute atomic E-state index is 12.7. The lowest BCUT2D eigenvalue weighted by Gasteiger charge is -2.10. The van der Waals surface area contributed by atoms with Gasteiger partial charge in [-0.3, -0.25) is 14.3 Å². The fraction of sp³-hybridized carbons (Fsp3) is 0.0909. The van der Waals surface area contributed by atoms with Crippen LogP contribution in [0.2, 0.25) is 0 Å². The molecule has 2 aromatic carbocycles. The lowest BCUT2D eigenvalue weighted by Crippen LogP contribution is -2.05. The summed E-state index contributed by atoms with van der Waals surface area (Å²) in [5.41, 5.74) is 2.39. The monoisotopic (exact) mass is 402 g/mol. The number of Topliss-reactive ketones (excluding diaryl/α,β-unsaturated/α-hetero) is 1. The first-order chi connectivity index (χ1) is 14.3. The summed E-state index contributed by atoms with van der Waals surface area (Å²) in [5.74, 6) is 1.58. The van der Waals surface area contributed by atoms with Gasteiger partial charge in [0.05, 0.1) is 12.9 Å². The molecule has 0 aliphatic carbocycles. The fourth-order valence-electron chi connectivity index (χ4n) is 2.87. The summed E-state index contributed by atoms with van der Waals surface area (Å²) < 4.78 is 7.15. The van der Waals surface area contributed by atoms with Crippen LogP contribution in [0.4, 0.5) is 0 Å². The Morgan fingerprint density at radius 2 is 1.90 bits per heavy atom. The molecule has 144 valence electrons. The van der Waals surface area contributed by atoms with Gasteiger partial charge in [-0.15, -0.1) is 10.2 Å². The highest BCUT2D eigenvalue weighted by Crippen LogP contribution is 2.28. The number of ether oxygens (including phenoxy) is 1. The Morgan fingerprint density at radius 3 is 2.66 bits per heavy atom. The Balaban J connectivity index is 1.64. The van der Waals surface area contributed by atoms with Gasteiger partial charge in [-0.2, -0.15) is 0 Å². The number of carbonyl (C=O) groups excluding carboxylic acids is 1. The lowest BCUT2D eigenvalue weighted by atomic mass is 10.1. The number of rotatable bonds is 7. The van der Waals surface area contributed by atoms with Gasteiger partial charge in [0.1, 0.15) is 5.75 Å². The van der Waals surface area contributed by atoms with Crippen LogP contribution < -0.4 is 4.74 Å². The minimum absolute atomic E-state index is 0.000519. The quantitative estimate of drug-likeness (QED) is 0.339. The number of nitrogens with zero attached hydrogens (tertiary/aromatic N) is 4. The topological polar surface area (TPSA) is 69.9 Å². The van der Waals surface area contributed by atoms with Crippen LogP contribution in [0.25, 0.3) is 17.1 Å². The van der Waals surface area contributed by atoms with Gasteiger partial charge < -0.3 is 4.74 Å². The molecule has 4 aromatic rings. The Hall–Kier alpha value is -3.45. The highest BCUT2D eigenvalue weighted by atomic mass is 32.2. The zero-order chi connectivity index (χ0) is 20.1. The predicted molar refractivity (Wildman–Crippen MR) is 113 cm³/mol. The predicted octanol–water partition coefficient (Wildman–Crippen LogP) is 4.31. The molecule has 0 N–H and O–H groups in total. The highest BCUT2D eigenvalue weighted by molar-refractivity contribution is 7.99. The van der Waals surface area contributed by atoms with Crippen molar-refractivity contribution < 1.29 is 9.53 Å². The molecule has 2 heterocycles. The molecule has 4 rings (SSSR count). The molecule has 0 saturated carbocycles. The largest absolute Gasteiger partial charge is 0.497 e. The molecule has 6 nitrogen and oxygen atoms in total. The number of ketones is 1. The fourth-order valence-corrected chi connectivity index (χ4v) is 3.71. The summed E-state index contributed by atoms with van der Waals surface area (Å²) in [5, 5.41) is 9.35. The third-order valence-electron chi connectivity index (χ3n) is 4.29. The van der Waals surface area contributed by atoms with Crippen LogP contribution >= 0.6 is 11.8 Å². The van der Waals surface area contributed by atoms with E-state index in [0.717, 1.165) is 11.3 Å². The van der Waals surface area contributed by atoms with Crippen molar-refractivity contribution >= 4 is 17.5 Å². The third kappa shape index (κ3) is 4.20. The molecule has 0 atom stereocenters. The molecule has 0 aliphatic rings. The summed E-state index contributed by atoms with van der Waals surface area (Å²) in [6.07, 6.45) is 3.47. The van der Waals surface area contributed by atoms with Gasteiger partial charge in [0, 0.05) is 29.2 Å². The van der Waals surface area contributed by atoms with Gasteiger partial charge in [0.25, 0.3) is 0 Å². The standard InChI is InChI=1S/C22H18N4O2S/c1-28-19-11-5-7-16(13-19)20(27)15-29-22-25-24-21(17-8-6-12-23-14-17)26(22)18-9-3-2-4-10-18/h2-14H,15H2,1H3. The van der Waals surface area contributed by atoms with Crippen LogP contribution in [-0.2, 0) is 0 Å². The highest BCUT2D eigenvalue weighted by Gasteiger charge is 2.18. The first kappa shape index (κ1) is 18.9. The minimum Gasteiger partial charge on any atom is -0.497 e. The first-order valence-electron chi connectivity index (χ1n) is 8.97. The molecule has 0 unspecified atom stereocenters. The number of benzene rings is 2. The van der Waals surface area contributed by atoms with Crippen LogP contribution in [0.15, 0.2) is 84.3 Å². The summed E-state index contributed by atoms with van der Waals surface area (Å²) >= 11 is 1.35. The molecule has 0 amide bonds. The number of hydrogen-bond acceptors (Lipinski definition) is 6. The molecule has 0 saturated heterocycles. The van der Waals surface area contributed by atoms with Gasteiger partial charge in [-0.1, -0.05) is 42.1 Å². The van der Waals surface area contributed by atoms with E-state index in [1.54, 1.807) is 31.6 Å².